The molecule has 0 saturated carbocycles. The van der Waals surface area contributed by atoms with E-state index in [1.54, 1.807) is 11.8 Å². The van der Waals surface area contributed by atoms with Gasteiger partial charge in [0.05, 0.1) is 5.56 Å². The number of alkyl halides is 3. The molecule has 0 aromatic heterocycles. The Morgan fingerprint density at radius 3 is 2.28 bits per heavy atom. The lowest BCUT2D eigenvalue weighted by Crippen LogP contribution is -2.50. The lowest BCUT2D eigenvalue weighted by Gasteiger charge is -2.35. The van der Waals surface area contributed by atoms with Crippen LogP contribution in [-0.4, -0.2) is 47.8 Å². The molecule has 0 spiro atoms. The Morgan fingerprint density at radius 1 is 1.12 bits per heavy atom. The minimum Gasteiger partial charge on any atom is -0.335 e. The first-order valence-electron chi connectivity index (χ1n) is 8.16. The molecule has 2 rings (SSSR count). The summed E-state index contributed by atoms with van der Waals surface area (Å²) in [7, 11) is 0. The highest BCUT2D eigenvalue weighted by atomic mass is 19.4. The Balaban J connectivity index is 2.02. The zero-order valence-corrected chi connectivity index (χ0v) is 14.3. The monoisotopic (exact) mass is 354 g/mol. The van der Waals surface area contributed by atoms with E-state index in [1.807, 2.05) is 13.0 Å². The average molecular weight is 354 g/mol. The second kappa shape index (κ2) is 7.72. The van der Waals surface area contributed by atoms with E-state index in [2.05, 4.69) is 0 Å². The van der Waals surface area contributed by atoms with Crippen molar-refractivity contribution in [3.05, 3.63) is 47.0 Å². The summed E-state index contributed by atoms with van der Waals surface area (Å²) in [6, 6.07) is 4.42. The number of rotatable bonds is 3. The molecule has 1 saturated heterocycles. The van der Waals surface area contributed by atoms with Crippen molar-refractivity contribution in [2.24, 2.45) is 0 Å². The van der Waals surface area contributed by atoms with E-state index in [1.165, 1.54) is 17.0 Å². The third-order valence-electron chi connectivity index (χ3n) is 4.14. The Labute approximate surface area is 144 Å². The number of amides is 2. The van der Waals surface area contributed by atoms with Crippen LogP contribution in [0.2, 0.25) is 0 Å². The van der Waals surface area contributed by atoms with E-state index >= 15 is 0 Å². The van der Waals surface area contributed by atoms with Crippen molar-refractivity contribution < 1.29 is 22.8 Å². The fraction of sp³-hybridized carbons (Fsp3) is 0.444. The molecule has 25 heavy (non-hydrogen) atoms. The van der Waals surface area contributed by atoms with Gasteiger partial charge in [0.2, 0.25) is 5.91 Å². The number of halogens is 3. The maximum atomic E-state index is 12.8. The van der Waals surface area contributed by atoms with Crippen LogP contribution in [0, 0.1) is 0 Å². The van der Waals surface area contributed by atoms with Crippen LogP contribution < -0.4 is 0 Å². The van der Waals surface area contributed by atoms with Gasteiger partial charge in [0.15, 0.2) is 0 Å². The van der Waals surface area contributed by atoms with Gasteiger partial charge in [-0.05, 0) is 31.5 Å². The van der Waals surface area contributed by atoms with Crippen molar-refractivity contribution in [2.75, 3.05) is 26.2 Å². The molecule has 0 unspecified atom stereocenters. The highest BCUT2D eigenvalue weighted by molar-refractivity contribution is 5.95. The average Bonchev–Trinajstić information content (AvgIpc) is 2.60. The van der Waals surface area contributed by atoms with Gasteiger partial charge in [0.1, 0.15) is 0 Å². The van der Waals surface area contributed by atoms with Gasteiger partial charge in [-0.2, -0.15) is 13.2 Å². The maximum Gasteiger partial charge on any atom is 0.416 e. The second-order valence-electron chi connectivity index (χ2n) is 5.96. The lowest BCUT2D eigenvalue weighted by atomic mass is 10.1. The van der Waals surface area contributed by atoms with Crippen LogP contribution in [-0.2, 0) is 11.0 Å². The standard InChI is InChI=1S/C18H21F3N2O2/c1-3-5-13(2)16(24)22-8-10-23(11-9-22)17(25)14-6-4-7-15(12-14)18(19,20)21/h4-7,12H,3,8-11H2,1-2H3. The molecule has 0 radical (unpaired) electrons. The molecule has 1 aromatic carbocycles. The third kappa shape index (κ3) is 4.61. The molecule has 1 aliphatic heterocycles. The summed E-state index contributed by atoms with van der Waals surface area (Å²) in [6.07, 6.45) is -1.86. The van der Waals surface area contributed by atoms with Crippen LogP contribution in [0.25, 0.3) is 0 Å². The quantitative estimate of drug-likeness (QED) is 0.781. The second-order valence-corrected chi connectivity index (χ2v) is 5.96. The van der Waals surface area contributed by atoms with Crippen LogP contribution in [0.5, 0.6) is 0 Å². The van der Waals surface area contributed by atoms with Crippen molar-refractivity contribution in [2.45, 2.75) is 26.4 Å². The SMILES string of the molecule is CCC=C(C)C(=O)N1CCN(C(=O)c2cccc(C(F)(F)F)c2)CC1. The zero-order chi connectivity index (χ0) is 18.6. The van der Waals surface area contributed by atoms with Crippen LogP contribution >= 0.6 is 0 Å². The number of piperazine rings is 1. The Morgan fingerprint density at radius 2 is 1.72 bits per heavy atom. The largest absolute Gasteiger partial charge is 0.416 e. The van der Waals surface area contributed by atoms with Crippen molar-refractivity contribution in [3.63, 3.8) is 0 Å². The molecule has 0 N–H and O–H groups in total. The van der Waals surface area contributed by atoms with E-state index in [0.717, 1.165) is 18.6 Å². The molecule has 136 valence electrons. The van der Waals surface area contributed by atoms with E-state index in [4.69, 9.17) is 0 Å². The van der Waals surface area contributed by atoms with Crippen LogP contribution in [0.15, 0.2) is 35.9 Å². The van der Waals surface area contributed by atoms with Gasteiger partial charge in [-0.3, -0.25) is 9.59 Å². The predicted octanol–water partition coefficient (Wildman–Crippen LogP) is 3.35. The number of allylic oxidation sites excluding steroid dienone is 1. The van der Waals surface area contributed by atoms with Crippen molar-refractivity contribution in [1.29, 1.82) is 0 Å². The smallest absolute Gasteiger partial charge is 0.335 e. The number of benzene rings is 1. The Hall–Kier alpha value is -2.31. The molecule has 1 aliphatic rings. The summed E-state index contributed by atoms with van der Waals surface area (Å²) in [5.74, 6) is -0.507. The first-order chi connectivity index (χ1) is 11.7. The summed E-state index contributed by atoms with van der Waals surface area (Å²) in [6.45, 7) is 5.06. The van der Waals surface area contributed by atoms with E-state index in [-0.39, 0.29) is 11.5 Å². The van der Waals surface area contributed by atoms with E-state index in [0.29, 0.717) is 31.8 Å². The number of carbonyl (C=O) groups excluding carboxylic acids is 2. The maximum absolute atomic E-state index is 12.8. The van der Waals surface area contributed by atoms with Crippen molar-refractivity contribution in [3.8, 4) is 0 Å². The molecular weight excluding hydrogens is 333 g/mol. The lowest BCUT2D eigenvalue weighted by molar-refractivity contribution is -0.137. The van der Waals surface area contributed by atoms with Crippen LogP contribution in [0.3, 0.4) is 0 Å². The third-order valence-corrected chi connectivity index (χ3v) is 4.14. The number of hydrogen-bond donors (Lipinski definition) is 0. The fourth-order valence-electron chi connectivity index (χ4n) is 2.77. The molecule has 4 nitrogen and oxygen atoms in total. The number of nitrogens with zero attached hydrogens (tertiary/aromatic N) is 2. The summed E-state index contributed by atoms with van der Waals surface area (Å²) < 4.78 is 38.3. The molecule has 1 heterocycles. The van der Waals surface area contributed by atoms with Crippen molar-refractivity contribution >= 4 is 11.8 Å². The molecule has 1 aromatic rings. The first-order valence-corrected chi connectivity index (χ1v) is 8.16. The summed E-state index contributed by atoms with van der Waals surface area (Å²) in [5.41, 5.74) is -0.163. The highest BCUT2D eigenvalue weighted by Gasteiger charge is 2.32. The van der Waals surface area contributed by atoms with Gasteiger partial charge in [-0.1, -0.05) is 19.1 Å². The normalized spacial score (nSPS) is 16.1. The van der Waals surface area contributed by atoms with Gasteiger partial charge in [0, 0.05) is 37.3 Å². The van der Waals surface area contributed by atoms with Gasteiger partial charge >= 0.3 is 6.18 Å². The molecule has 0 atom stereocenters. The molecule has 0 bridgehead atoms. The summed E-state index contributed by atoms with van der Waals surface area (Å²) >= 11 is 0. The van der Waals surface area contributed by atoms with Crippen LogP contribution in [0.1, 0.15) is 36.2 Å². The topological polar surface area (TPSA) is 40.6 Å². The predicted molar refractivity (Wildman–Crippen MR) is 88.0 cm³/mol. The minimum atomic E-state index is -4.48. The Kier molecular flexibility index (Phi) is 5.87. The summed E-state index contributed by atoms with van der Waals surface area (Å²) in [5, 5.41) is 0. The van der Waals surface area contributed by atoms with Gasteiger partial charge in [-0.15, -0.1) is 0 Å². The van der Waals surface area contributed by atoms with E-state index in [9.17, 15) is 22.8 Å². The number of hydrogen-bond acceptors (Lipinski definition) is 2. The fourth-order valence-corrected chi connectivity index (χ4v) is 2.77. The molecule has 0 aliphatic carbocycles. The summed E-state index contributed by atoms with van der Waals surface area (Å²) in [4.78, 5) is 27.8. The van der Waals surface area contributed by atoms with Gasteiger partial charge in [-0.25, -0.2) is 0 Å². The number of carbonyl (C=O) groups is 2. The molecular formula is C18H21F3N2O2. The van der Waals surface area contributed by atoms with Gasteiger partial charge in [0.25, 0.3) is 5.91 Å². The van der Waals surface area contributed by atoms with Crippen LogP contribution in [0.4, 0.5) is 13.2 Å². The molecule has 1 fully saturated rings. The molecule has 2 amide bonds. The first kappa shape index (κ1) is 19.0. The van der Waals surface area contributed by atoms with E-state index < -0.39 is 17.6 Å². The van der Waals surface area contributed by atoms with Crippen molar-refractivity contribution in [1.82, 2.24) is 9.80 Å². The highest BCUT2D eigenvalue weighted by Crippen LogP contribution is 2.29. The molecule has 7 heteroatoms. The zero-order valence-electron chi connectivity index (χ0n) is 14.3. The Bertz CT molecular complexity index is 675. The van der Waals surface area contributed by atoms with Gasteiger partial charge < -0.3 is 9.80 Å². The minimum absolute atomic E-state index is 0.0108.